The number of nitrogens with one attached hydrogen (secondary N) is 2. The molecule has 1 aliphatic rings. The number of hydrogen-bond donors (Lipinski definition) is 2. The van der Waals surface area contributed by atoms with Crippen LogP contribution in [0, 0.1) is 6.92 Å². The molecule has 6 nitrogen and oxygen atoms in total. The first-order chi connectivity index (χ1) is 11.2. The van der Waals surface area contributed by atoms with Gasteiger partial charge < -0.3 is 19.9 Å². The van der Waals surface area contributed by atoms with Gasteiger partial charge in [-0.3, -0.25) is 9.59 Å². The zero-order valence-corrected chi connectivity index (χ0v) is 13.0. The van der Waals surface area contributed by atoms with Gasteiger partial charge >= 0.3 is 0 Å². The van der Waals surface area contributed by atoms with E-state index in [9.17, 15) is 9.59 Å². The molecule has 120 valence electrons. The van der Waals surface area contributed by atoms with Gasteiger partial charge in [-0.1, -0.05) is 12.1 Å². The van der Waals surface area contributed by atoms with Crippen molar-refractivity contribution in [3.8, 4) is 0 Å². The molecule has 1 amide bonds. The smallest absolute Gasteiger partial charge is 0.261 e. The molecule has 0 bridgehead atoms. The number of aromatic nitrogens is 1. The van der Waals surface area contributed by atoms with Crippen molar-refractivity contribution in [1.82, 2.24) is 4.98 Å². The van der Waals surface area contributed by atoms with E-state index in [1.54, 1.807) is 13.0 Å². The van der Waals surface area contributed by atoms with Crippen LogP contribution in [0.3, 0.4) is 0 Å². The normalized spacial score (nSPS) is 14.6. The van der Waals surface area contributed by atoms with Gasteiger partial charge in [0, 0.05) is 19.3 Å². The summed E-state index contributed by atoms with van der Waals surface area (Å²) in [4.78, 5) is 29.1. The predicted molar refractivity (Wildman–Crippen MR) is 89.2 cm³/mol. The maximum absolute atomic E-state index is 12.5. The van der Waals surface area contributed by atoms with E-state index in [1.807, 2.05) is 24.3 Å². The number of morpholine rings is 1. The molecular weight excluding hydrogens is 294 g/mol. The zero-order valence-electron chi connectivity index (χ0n) is 13.0. The van der Waals surface area contributed by atoms with Crippen LogP contribution in [0.5, 0.6) is 0 Å². The molecule has 23 heavy (non-hydrogen) atoms. The molecular formula is C17H19N3O3. The van der Waals surface area contributed by atoms with E-state index >= 15 is 0 Å². The van der Waals surface area contributed by atoms with Crippen LogP contribution in [0.4, 0.5) is 11.4 Å². The average molecular weight is 313 g/mol. The summed E-state index contributed by atoms with van der Waals surface area (Å²) in [6, 6.07) is 9.31. The number of rotatable bonds is 3. The maximum atomic E-state index is 12.5. The van der Waals surface area contributed by atoms with Gasteiger partial charge in [0.1, 0.15) is 5.56 Å². The first-order valence-electron chi connectivity index (χ1n) is 7.58. The number of anilines is 2. The second-order valence-corrected chi connectivity index (χ2v) is 5.44. The Hall–Kier alpha value is -2.60. The Kier molecular flexibility index (Phi) is 4.43. The van der Waals surface area contributed by atoms with E-state index in [1.165, 1.54) is 6.20 Å². The second-order valence-electron chi connectivity index (χ2n) is 5.44. The molecule has 0 saturated carbocycles. The Labute approximate surface area is 134 Å². The van der Waals surface area contributed by atoms with Crippen molar-refractivity contribution in [3.05, 3.63) is 58.0 Å². The summed E-state index contributed by atoms with van der Waals surface area (Å²) in [5, 5.41) is 2.86. The number of carbonyl (C=O) groups is 1. The molecule has 1 saturated heterocycles. The van der Waals surface area contributed by atoms with E-state index in [0.29, 0.717) is 24.5 Å². The molecule has 0 spiro atoms. The largest absolute Gasteiger partial charge is 0.378 e. The number of amides is 1. The van der Waals surface area contributed by atoms with Gasteiger partial charge in [0.05, 0.1) is 24.6 Å². The third-order valence-electron chi connectivity index (χ3n) is 3.90. The Balaban J connectivity index is 1.88. The van der Waals surface area contributed by atoms with Gasteiger partial charge in [-0.15, -0.1) is 0 Å². The van der Waals surface area contributed by atoms with E-state index in [-0.39, 0.29) is 11.1 Å². The highest BCUT2D eigenvalue weighted by Gasteiger charge is 2.18. The zero-order chi connectivity index (χ0) is 16.2. The van der Waals surface area contributed by atoms with Gasteiger partial charge in [-0.25, -0.2) is 0 Å². The van der Waals surface area contributed by atoms with Crippen LogP contribution in [0.15, 0.2) is 41.3 Å². The van der Waals surface area contributed by atoms with Crippen LogP contribution in [-0.4, -0.2) is 37.2 Å². The molecule has 0 aliphatic carbocycles. The van der Waals surface area contributed by atoms with Crippen LogP contribution in [-0.2, 0) is 4.74 Å². The van der Waals surface area contributed by atoms with E-state index in [2.05, 4.69) is 15.2 Å². The minimum atomic E-state index is -0.398. The SMILES string of the molecule is Cc1cc[nH]c(=O)c1C(=O)Nc1ccccc1N1CCOCC1. The van der Waals surface area contributed by atoms with Gasteiger partial charge in [0.2, 0.25) is 0 Å². The van der Waals surface area contributed by atoms with Crippen molar-refractivity contribution >= 4 is 17.3 Å². The fraction of sp³-hybridized carbons (Fsp3) is 0.294. The summed E-state index contributed by atoms with van der Waals surface area (Å²) >= 11 is 0. The van der Waals surface area contributed by atoms with Crippen LogP contribution in [0.1, 0.15) is 15.9 Å². The second kappa shape index (κ2) is 6.66. The number of carbonyl (C=O) groups excluding carboxylic acids is 1. The molecule has 2 aromatic rings. The first-order valence-corrected chi connectivity index (χ1v) is 7.58. The number of pyridine rings is 1. The van der Waals surface area contributed by atoms with Crippen molar-refractivity contribution in [2.45, 2.75) is 6.92 Å². The Bertz CT molecular complexity index is 764. The summed E-state index contributed by atoms with van der Waals surface area (Å²) in [6.07, 6.45) is 1.54. The average Bonchev–Trinajstić information content (AvgIpc) is 2.56. The lowest BCUT2D eigenvalue weighted by atomic mass is 10.1. The maximum Gasteiger partial charge on any atom is 0.261 e. The topological polar surface area (TPSA) is 74.4 Å². The molecule has 3 rings (SSSR count). The van der Waals surface area contributed by atoms with E-state index in [4.69, 9.17) is 4.74 Å². The number of ether oxygens (including phenoxy) is 1. The van der Waals surface area contributed by atoms with Crippen LogP contribution in [0.2, 0.25) is 0 Å². The third-order valence-corrected chi connectivity index (χ3v) is 3.90. The lowest BCUT2D eigenvalue weighted by Crippen LogP contribution is -2.37. The van der Waals surface area contributed by atoms with Crippen molar-refractivity contribution < 1.29 is 9.53 Å². The van der Waals surface area contributed by atoms with E-state index < -0.39 is 5.91 Å². The molecule has 0 atom stereocenters. The Morgan fingerprint density at radius 3 is 2.70 bits per heavy atom. The van der Waals surface area contributed by atoms with Crippen molar-refractivity contribution in [1.29, 1.82) is 0 Å². The first kappa shape index (κ1) is 15.3. The predicted octanol–water partition coefficient (Wildman–Crippen LogP) is 1.77. The molecule has 6 heteroatoms. The van der Waals surface area contributed by atoms with Crippen molar-refractivity contribution in [3.63, 3.8) is 0 Å². The number of hydrogen-bond acceptors (Lipinski definition) is 4. The quantitative estimate of drug-likeness (QED) is 0.906. The Morgan fingerprint density at radius 2 is 1.96 bits per heavy atom. The molecule has 1 aromatic heterocycles. The monoisotopic (exact) mass is 313 g/mol. The van der Waals surface area contributed by atoms with Crippen LogP contribution < -0.4 is 15.8 Å². The van der Waals surface area contributed by atoms with Crippen molar-refractivity contribution in [2.24, 2.45) is 0 Å². The molecule has 1 aliphatic heterocycles. The van der Waals surface area contributed by atoms with Crippen LogP contribution in [0.25, 0.3) is 0 Å². The standard InChI is InChI=1S/C17H19N3O3/c1-12-6-7-18-16(21)15(12)17(22)19-13-4-2-3-5-14(13)20-8-10-23-11-9-20/h2-7H,8-11H2,1H3,(H,18,21)(H,19,22). The number of aryl methyl sites for hydroxylation is 1. The highest BCUT2D eigenvalue weighted by molar-refractivity contribution is 6.06. The molecule has 1 aromatic carbocycles. The summed E-state index contributed by atoms with van der Waals surface area (Å²) < 4.78 is 5.37. The van der Waals surface area contributed by atoms with Gasteiger partial charge in [-0.2, -0.15) is 0 Å². The third kappa shape index (κ3) is 3.27. The lowest BCUT2D eigenvalue weighted by molar-refractivity contribution is 0.102. The minimum absolute atomic E-state index is 0.143. The van der Waals surface area contributed by atoms with Crippen LogP contribution >= 0.6 is 0 Å². The Morgan fingerprint density at radius 1 is 1.22 bits per heavy atom. The molecule has 2 heterocycles. The molecule has 0 unspecified atom stereocenters. The molecule has 2 N–H and O–H groups in total. The molecule has 1 fully saturated rings. The fourth-order valence-electron chi connectivity index (χ4n) is 2.70. The highest BCUT2D eigenvalue weighted by Crippen LogP contribution is 2.26. The van der Waals surface area contributed by atoms with Gasteiger partial charge in [-0.05, 0) is 30.7 Å². The number of H-pyrrole nitrogens is 1. The van der Waals surface area contributed by atoms with Crippen molar-refractivity contribution in [2.75, 3.05) is 36.5 Å². The van der Waals surface area contributed by atoms with Gasteiger partial charge in [0.25, 0.3) is 11.5 Å². The highest BCUT2D eigenvalue weighted by atomic mass is 16.5. The number of benzene rings is 1. The number of nitrogens with zero attached hydrogens (tertiary/aromatic N) is 1. The number of aromatic amines is 1. The molecule has 0 radical (unpaired) electrons. The summed E-state index contributed by atoms with van der Waals surface area (Å²) in [6.45, 7) is 4.63. The number of para-hydroxylation sites is 2. The summed E-state index contributed by atoms with van der Waals surface area (Å²) in [5.41, 5.74) is 2.04. The van der Waals surface area contributed by atoms with E-state index in [0.717, 1.165) is 18.8 Å². The summed E-state index contributed by atoms with van der Waals surface area (Å²) in [5.74, 6) is -0.398. The lowest BCUT2D eigenvalue weighted by Gasteiger charge is -2.30. The minimum Gasteiger partial charge on any atom is -0.378 e. The summed E-state index contributed by atoms with van der Waals surface area (Å²) in [7, 11) is 0. The fourth-order valence-corrected chi connectivity index (χ4v) is 2.70. The van der Waals surface area contributed by atoms with Gasteiger partial charge in [0.15, 0.2) is 0 Å².